The molecule has 2 rings (SSSR count). The molecule has 10 heavy (non-hydrogen) atoms. The number of allylic oxidation sites excluding steroid dienone is 4. The van der Waals surface area contributed by atoms with Gasteiger partial charge in [0.15, 0.2) is 0 Å². The van der Waals surface area contributed by atoms with Crippen LogP contribution in [0.2, 0.25) is 0 Å². The summed E-state index contributed by atoms with van der Waals surface area (Å²) < 4.78 is 0. The molecule has 1 nitrogen and oxygen atoms in total. The highest BCUT2D eigenvalue weighted by Gasteiger charge is 2.21. The van der Waals surface area contributed by atoms with Crippen LogP contribution in [-0.2, 0) is 0 Å². The zero-order chi connectivity index (χ0) is 6.97. The Labute approximate surface area is 61.8 Å². The molecular formula is C9H13N. The second kappa shape index (κ2) is 2.15. The van der Waals surface area contributed by atoms with E-state index in [4.69, 9.17) is 0 Å². The lowest BCUT2D eigenvalue weighted by Crippen LogP contribution is -2.09. The average molecular weight is 135 g/mol. The fourth-order valence-corrected chi connectivity index (χ4v) is 1.79. The molecule has 0 amide bonds. The van der Waals surface area contributed by atoms with Crippen molar-refractivity contribution in [1.82, 2.24) is 5.32 Å². The number of rotatable bonds is 0. The maximum Gasteiger partial charge on any atom is 0.0150 e. The van der Waals surface area contributed by atoms with E-state index in [1.807, 2.05) is 0 Å². The quantitative estimate of drug-likeness (QED) is 0.534. The minimum atomic E-state index is 0.824. The Balaban J connectivity index is 2.22. The normalized spacial score (nSPS) is 30.3. The van der Waals surface area contributed by atoms with Crippen molar-refractivity contribution in [1.29, 1.82) is 0 Å². The average Bonchev–Trinajstić information content (AvgIpc) is 2.33. The first-order chi connectivity index (χ1) is 4.86. The van der Waals surface area contributed by atoms with Crippen LogP contribution in [0.3, 0.4) is 0 Å². The molecule has 1 unspecified atom stereocenters. The van der Waals surface area contributed by atoms with Gasteiger partial charge in [0.1, 0.15) is 0 Å². The lowest BCUT2D eigenvalue weighted by Gasteiger charge is -2.15. The Bertz CT molecular complexity index is 201. The first-order valence-electron chi connectivity index (χ1n) is 3.97. The van der Waals surface area contributed by atoms with Crippen molar-refractivity contribution in [2.75, 3.05) is 6.54 Å². The van der Waals surface area contributed by atoms with Crippen LogP contribution >= 0.6 is 0 Å². The first-order valence-corrected chi connectivity index (χ1v) is 3.97. The van der Waals surface area contributed by atoms with Crippen LogP contribution in [0.5, 0.6) is 0 Å². The molecule has 54 valence electrons. The Morgan fingerprint density at radius 2 is 2.40 bits per heavy atom. The van der Waals surface area contributed by atoms with Gasteiger partial charge in [-0.15, -0.1) is 0 Å². The summed E-state index contributed by atoms with van der Waals surface area (Å²) in [6, 6.07) is 0. The molecule has 0 spiro atoms. The molecule has 0 aromatic carbocycles. The molecule has 1 saturated heterocycles. The van der Waals surface area contributed by atoms with Crippen molar-refractivity contribution in [2.45, 2.75) is 19.8 Å². The van der Waals surface area contributed by atoms with E-state index in [0.29, 0.717) is 0 Å². The van der Waals surface area contributed by atoms with Gasteiger partial charge >= 0.3 is 0 Å². The van der Waals surface area contributed by atoms with Gasteiger partial charge in [0.25, 0.3) is 0 Å². The lowest BCUT2D eigenvalue weighted by molar-refractivity contribution is 0.625. The lowest BCUT2D eigenvalue weighted by atomic mass is 9.92. The monoisotopic (exact) mass is 135 g/mol. The third kappa shape index (κ3) is 0.859. The summed E-state index contributed by atoms with van der Waals surface area (Å²) in [5, 5.41) is 3.40. The second-order valence-corrected chi connectivity index (χ2v) is 3.25. The Morgan fingerprint density at radius 3 is 3.30 bits per heavy atom. The van der Waals surface area contributed by atoms with E-state index in [1.165, 1.54) is 30.7 Å². The Kier molecular flexibility index (Phi) is 1.30. The number of nitrogens with one attached hydrogen (secondary N) is 1. The molecule has 0 saturated carbocycles. The third-order valence-electron chi connectivity index (χ3n) is 2.38. The number of hydrogen-bond donors (Lipinski definition) is 1. The molecule has 1 N–H and O–H groups in total. The minimum absolute atomic E-state index is 0.824. The van der Waals surface area contributed by atoms with Crippen molar-refractivity contribution < 1.29 is 0 Å². The van der Waals surface area contributed by atoms with Crippen molar-refractivity contribution in [3.05, 3.63) is 23.4 Å². The van der Waals surface area contributed by atoms with Gasteiger partial charge in [-0.3, -0.25) is 0 Å². The van der Waals surface area contributed by atoms with Crippen LogP contribution in [0.15, 0.2) is 23.4 Å². The van der Waals surface area contributed by atoms with E-state index in [9.17, 15) is 0 Å². The molecular weight excluding hydrogens is 122 g/mol. The van der Waals surface area contributed by atoms with Gasteiger partial charge in [0.2, 0.25) is 0 Å². The summed E-state index contributed by atoms with van der Waals surface area (Å²) in [6.45, 7) is 3.39. The molecule has 1 heterocycles. The maximum absolute atomic E-state index is 3.40. The van der Waals surface area contributed by atoms with Crippen LogP contribution in [0.1, 0.15) is 19.8 Å². The number of fused-ring (bicyclic) bond motifs is 1. The van der Waals surface area contributed by atoms with E-state index in [1.54, 1.807) is 0 Å². The molecule has 1 atom stereocenters. The summed E-state index contributed by atoms with van der Waals surface area (Å²) in [6.07, 6.45) is 7.07. The van der Waals surface area contributed by atoms with Gasteiger partial charge in [-0.1, -0.05) is 11.6 Å². The van der Waals surface area contributed by atoms with Crippen molar-refractivity contribution in [2.24, 2.45) is 5.92 Å². The van der Waals surface area contributed by atoms with Gasteiger partial charge in [0.05, 0.1) is 0 Å². The van der Waals surface area contributed by atoms with Gasteiger partial charge in [-0.25, -0.2) is 0 Å². The highest BCUT2D eigenvalue weighted by molar-refractivity contribution is 5.26. The van der Waals surface area contributed by atoms with Crippen LogP contribution in [0.25, 0.3) is 0 Å². The van der Waals surface area contributed by atoms with Crippen LogP contribution < -0.4 is 5.32 Å². The molecule has 0 aromatic heterocycles. The predicted molar refractivity (Wildman–Crippen MR) is 42.6 cm³/mol. The molecule has 1 aliphatic heterocycles. The number of hydrogen-bond acceptors (Lipinski definition) is 1. The summed E-state index contributed by atoms with van der Waals surface area (Å²) in [5.74, 6) is 0.824. The molecule has 1 heteroatoms. The van der Waals surface area contributed by atoms with E-state index >= 15 is 0 Å². The van der Waals surface area contributed by atoms with E-state index in [2.05, 4.69) is 24.4 Å². The van der Waals surface area contributed by atoms with Crippen LogP contribution in [0, 0.1) is 5.92 Å². The summed E-state index contributed by atoms with van der Waals surface area (Å²) in [4.78, 5) is 0. The summed E-state index contributed by atoms with van der Waals surface area (Å²) in [7, 11) is 0. The molecule has 0 radical (unpaired) electrons. The summed E-state index contributed by atoms with van der Waals surface area (Å²) in [5.41, 5.74) is 2.99. The van der Waals surface area contributed by atoms with Crippen molar-refractivity contribution in [3.8, 4) is 0 Å². The van der Waals surface area contributed by atoms with Crippen molar-refractivity contribution in [3.63, 3.8) is 0 Å². The van der Waals surface area contributed by atoms with Crippen LogP contribution in [0.4, 0.5) is 0 Å². The molecule has 2 aliphatic rings. The second-order valence-electron chi connectivity index (χ2n) is 3.25. The highest BCUT2D eigenvalue weighted by atomic mass is 14.9. The Hall–Kier alpha value is -0.720. The standard InChI is InChI=1S/C9H13N/c1-7-2-3-9-8(6-7)4-5-10-9/h2-3,8,10H,4-6H2,1H3. The highest BCUT2D eigenvalue weighted by Crippen LogP contribution is 2.29. The maximum atomic E-state index is 3.40. The smallest absolute Gasteiger partial charge is 0.0150 e. The Morgan fingerprint density at radius 1 is 1.50 bits per heavy atom. The molecule has 1 fully saturated rings. The fourth-order valence-electron chi connectivity index (χ4n) is 1.79. The third-order valence-corrected chi connectivity index (χ3v) is 2.38. The summed E-state index contributed by atoms with van der Waals surface area (Å²) >= 11 is 0. The zero-order valence-electron chi connectivity index (χ0n) is 6.35. The SMILES string of the molecule is CC1=CC=C2NCCC2C1. The van der Waals surface area contributed by atoms with Gasteiger partial charge in [-0.2, -0.15) is 0 Å². The van der Waals surface area contributed by atoms with Gasteiger partial charge < -0.3 is 5.32 Å². The largest absolute Gasteiger partial charge is 0.388 e. The van der Waals surface area contributed by atoms with Crippen molar-refractivity contribution >= 4 is 0 Å². The zero-order valence-corrected chi connectivity index (χ0v) is 6.35. The van der Waals surface area contributed by atoms with Gasteiger partial charge in [0, 0.05) is 18.2 Å². The first kappa shape index (κ1) is 6.02. The van der Waals surface area contributed by atoms with E-state index < -0.39 is 0 Å². The predicted octanol–water partition coefficient (Wildman–Crippen LogP) is 1.83. The minimum Gasteiger partial charge on any atom is -0.388 e. The topological polar surface area (TPSA) is 12.0 Å². The molecule has 0 bridgehead atoms. The molecule has 0 aromatic rings. The fraction of sp³-hybridized carbons (Fsp3) is 0.556. The van der Waals surface area contributed by atoms with Gasteiger partial charge in [-0.05, 0) is 25.8 Å². The van der Waals surface area contributed by atoms with E-state index in [0.717, 1.165) is 5.92 Å². The van der Waals surface area contributed by atoms with Crippen LogP contribution in [-0.4, -0.2) is 6.54 Å². The molecule has 1 aliphatic carbocycles. The van der Waals surface area contributed by atoms with E-state index in [-0.39, 0.29) is 0 Å².